The van der Waals surface area contributed by atoms with Gasteiger partial charge in [0.25, 0.3) is 11.8 Å². The second kappa shape index (κ2) is 8.17. The Balaban J connectivity index is 1.83. The number of aromatic nitrogens is 2. The van der Waals surface area contributed by atoms with Crippen LogP contribution in [-0.4, -0.2) is 83.3 Å². The van der Waals surface area contributed by atoms with E-state index < -0.39 is 0 Å². The average molecular weight is 373 g/mol. The molecule has 9 heteroatoms. The summed E-state index contributed by atoms with van der Waals surface area (Å²) in [5, 5.41) is 2.73. The molecule has 0 spiro atoms. The number of rotatable bonds is 5. The van der Waals surface area contributed by atoms with Crippen LogP contribution in [0.1, 0.15) is 28.0 Å². The molecule has 1 saturated heterocycles. The number of nitrogens with zero attached hydrogens (tertiary/aromatic N) is 4. The highest BCUT2D eigenvalue weighted by molar-refractivity contribution is 6.02. The van der Waals surface area contributed by atoms with Gasteiger partial charge in [-0.05, 0) is 12.1 Å². The number of hydrogen-bond donors (Lipinski definition) is 1. The number of amides is 3. The van der Waals surface area contributed by atoms with Crippen LogP contribution in [0.25, 0.3) is 5.52 Å². The van der Waals surface area contributed by atoms with Crippen LogP contribution in [0.3, 0.4) is 0 Å². The van der Waals surface area contributed by atoms with Gasteiger partial charge in [-0.25, -0.2) is 4.98 Å². The van der Waals surface area contributed by atoms with Gasteiger partial charge in [-0.15, -0.1) is 0 Å². The van der Waals surface area contributed by atoms with Crippen molar-refractivity contribution in [2.24, 2.45) is 0 Å². The van der Waals surface area contributed by atoms with Crippen LogP contribution in [0.5, 0.6) is 0 Å². The third-order valence-electron chi connectivity index (χ3n) is 4.56. The molecule has 3 heterocycles. The number of nitrogens with one attached hydrogen (secondary N) is 1. The number of pyridine rings is 1. The fraction of sp³-hybridized carbons (Fsp3) is 0.444. The number of hydrogen-bond acceptors (Lipinski definition) is 5. The normalized spacial score (nSPS) is 14.4. The van der Waals surface area contributed by atoms with E-state index in [9.17, 15) is 14.4 Å². The Morgan fingerprint density at radius 1 is 1.15 bits per heavy atom. The Morgan fingerprint density at radius 3 is 2.52 bits per heavy atom. The molecule has 0 unspecified atom stereocenters. The van der Waals surface area contributed by atoms with Crippen LogP contribution < -0.4 is 5.32 Å². The van der Waals surface area contributed by atoms with E-state index in [0.29, 0.717) is 44.8 Å². The van der Waals surface area contributed by atoms with E-state index in [1.165, 1.54) is 6.92 Å². The summed E-state index contributed by atoms with van der Waals surface area (Å²) in [4.78, 5) is 44.6. The first kappa shape index (κ1) is 18.8. The van der Waals surface area contributed by atoms with Crippen LogP contribution in [0.15, 0.2) is 24.4 Å². The Labute approximate surface area is 156 Å². The molecule has 0 atom stereocenters. The second-order valence-electron chi connectivity index (χ2n) is 6.29. The predicted molar refractivity (Wildman–Crippen MR) is 97.6 cm³/mol. The molecular weight excluding hydrogens is 350 g/mol. The molecule has 0 saturated carbocycles. The Kier molecular flexibility index (Phi) is 5.70. The van der Waals surface area contributed by atoms with Crippen LogP contribution in [0, 0.1) is 0 Å². The summed E-state index contributed by atoms with van der Waals surface area (Å²) in [5.41, 5.74) is 0.774. The maximum atomic E-state index is 13.0. The van der Waals surface area contributed by atoms with Gasteiger partial charge in [-0.1, -0.05) is 6.07 Å². The van der Waals surface area contributed by atoms with Gasteiger partial charge in [0.2, 0.25) is 11.7 Å². The van der Waals surface area contributed by atoms with E-state index in [0.717, 1.165) is 0 Å². The first-order valence-electron chi connectivity index (χ1n) is 8.82. The lowest BCUT2D eigenvalue weighted by molar-refractivity contribution is -0.130. The molecule has 0 aliphatic carbocycles. The third kappa shape index (κ3) is 3.92. The molecule has 1 fully saturated rings. The molecule has 1 aliphatic heterocycles. The maximum absolute atomic E-state index is 13.0. The van der Waals surface area contributed by atoms with Gasteiger partial charge in [0.15, 0.2) is 5.69 Å². The van der Waals surface area contributed by atoms with Crippen molar-refractivity contribution < 1.29 is 19.1 Å². The molecule has 1 aliphatic rings. The highest BCUT2D eigenvalue weighted by atomic mass is 16.5. The molecule has 0 radical (unpaired) electrons. The molecule has 27 heavy (non-hydrogen) atoms. The zero-order valence-electron chi connectivity index (χ0n) is 15.5. The number of fused-ring (bicyclic) bond motifs is 1. The second-order valence-corrected chi connectivity index (χ2v) is 6.29. The number of piperazine rings is 1. The molecule has 0 aromatic carbocycles. The standard InChI is InChI=1S/C18H23N5O4/c1-13(24)21-8-10-22(11-9-21)18(26)16-20-15(17(25)19-6-12-27-2)14-5-3-4-7-23(14)16/h3-5,7H,6,8-12H2,1-2H3,(H,19,25). The number of methoxy groups -OCH3 is 1. The summed E-state index contributed by atoms with van der Waals surface area (Å²) in [7, 11) is 1.56. The van der Waals surface area contributed by atoms with Crippen molar-refractivity contribution in [1.82, 2.24) is 24.5 Å². The van der Waals surface area contributed by atoms with Crippen LogP contribution in [0.4, 0.5) is 0 Å². The molecule has 2 aromatic heterocycles. The topological polar surface area (TPSA) is 96.2 Å². The van der Waals surface area contributed by atoms with Crippen molar-refractivity contribution in [1.29, 1.82) is 0 Å². The number of carbonyl (C=O) groups is 3. The minimum Gasteiger partial charge on any atom is -0.383 e. The van der Waals surface area contributed by atoms with Gasteiger partial charge >= 0.3 is 0 Å². The lowest BCUT2D eigenvalue weighted by Crippen LogP contribution is -2.50. The van der Waals surface area contributed by atoms with Gasteiger partial charge in [-0.2, -0.15) is 0 Å². The third-order valence-corrected chi connectivity index (χ3v) is 4.56. The number of ether oxygens (including phenoxy) is 1. The van der Waals surface area contributed by atoms with Crippen molar-refractivity contribution in [2.45, 2.75) is 6.92 Å². The zero-order chi connectivity index (χ0) is 19.4. The Bertz CT molecular complexity index is 855. The van der Waals surface area contributed by atoms with Crippen LogP contribution >= 0.6 is 0 Å². The molecule has 9 nitrogen and oxygen atoms in total. The Morgan fingerprint density at radius 2 is 1.85 bits per heavy atom. The first-order valence-corrected chi connectivity index (χ1v) is 8.82. The SMILES string of the molecule is COCCNC(=O)c1nc(C(=O)N2CCN(C(C)=O)CC2)n2ccccc12. The van der Waals surface area contributed by atoms with E-state index >= 15 is 0 Å². The van der Waals surface area contributed by atoms with Crippen LogP contribution in [0.2, 0.25) is 0 Å². The monoisotopic (exact) mass is 373 g/mol. The van der Waals surface area contributed by atoms with Crippen molar-refractivity contribution in [2.75, 3.05) is 46.4 Å². The molecule has 144 valence electrons. The zero-order valence-corrected chi connectivity index (χ0v) is 15.5. The summed E-state index contributed by atoms with van der Waals surface area (Å²) in [6.45, 7) is 4.14. The molecule has 1 N–H and O–H groups in total. The van der Waals surface area contributed by atoms with E-state index in [1.54, 1.807) is 45.7 Å². The minimum absolute atomic E-state index is 0.00313. The lowest BCUT2D eigenvalue weighted by atomic mass is 10.3. The van der Waals surface area contributed by atoms with Crippen molar-refractivity contribution in [3.05, 3.63) is 35.9 Å². The van der Waals surface area contributed by atoms with Gasteiger partial charge in [-0.3, -0.25) is 18.8 Å². The minimum atomic E-state index is -0.351. The van der Waals surface area contributed by atoms with Gasteiger partial charge in [0, 0.05) is 53.0 Å². The average Bonchev–Trinajstić information content (AvgIpc) is 3.07. The molecule has 2 aromatic rings. The first-order chi connectivity index (χ1) is 13.0. The van der Waals surface area contributed by atoms with E-state index in [2.05, 4.69) is 10.3 Å². The highest BCUT2D eigenvalue weighted by Gasteiger charge is 2.28. The predicted octanol–water partition coefficient (Wildman–Crippen LogP) is 0.0148. The van der Waals surface area contributed by atoms with E-state index in [4.69, 9.17) is 4.74 Å². The highest BCUT2D eigenvalue weighted by Crippen LogP contribution is 2.16. The smallest absolute Gasteiger partial charge is 0.290 e. The Hall–Kier alpha value is -2.94. The van der Waals surface area contributed by atoms with Crippen molar-refractivity contribution in [3.8, 4) is 0 Å². The molecule has 0 bridgehead atoms. The fourth-order valence-electron chi connectivity index (χ4n) is 3.07. The summed E-state index contributed by atoms with van der Waals surface area (Å²) < 4.78 is 6.56. The number of imidazole rings is 1. The van der Waals surface area contributed by atoms with Crippen LogP contribution in [-0.2, 0) is 9.53 Å². The molecule has 3 amide bonds. The maximum Gasteiger partial charge on any atom is 0.290 e. The van der Waals surface area contributed by atoms with E-state index in [-0.39, 0.29) is 29.2 Å². The quantitative estimate of drug-likeness (QED) is 0.745. The van der Waals surface area contributed by atoms with Crippen molar-refractivity contribution in [3.63, 3.8) is 0 Å². The van der Waals surface area contributed by atoms with E-state index in [1.807, 2.05) is 0 Å². The summed E-state index contributed by atoms with van der Waals surface area (Å²) >= 11 is 0. The van der Waals surface area contributed by atoms with Gasteiger partial charge in [0.05, 0.1) is 12.1 Å². The van der Waals surface area contributed by atoms with Crippen molar-refractivity contribution >= 4 is 23.2 Å². The summed E-state index contributed by atoms with van der Waals surface area (Å²) in [6, 6.07) is 5.33. The molecular formula is C18H23N5O4. The van der Waals surface area contributed by atoms with Gasteiger partial charge < -0.3 is 19.9 Å². The summed E-state index contributed by atoms with van der Waals surface area (Å²) in [5.74, 6) is -0.409. The van der Waals surface area contributed by atoms with Gasteiger partial charge in [0.1, 0.15) is 0 Å². The fourth-order valence-corrected chi connectivity index (χ4v) is 3.07. The lowest BCUT2D eigenvalue weighted by Gasteiger charge is -2.33. The number of carbonyl (C=O) groups excluding carboxylic acids is 3. The largest absolute Gasteiger partial charge is 0.383 e. The molecule has 3 rings (SSSR count). The summed E-state index contributed by atoms with van der Waals surface area (Å²) in [6.07, 6.45) is 1.72.